The molecule has 14 heavy (non-hydrogen) atoms. The molecule has 0 saturated heterocycles. The third-order valence-corrected chi connectivity index (χ3v) is 3.18. The molecule has 1 nitrogen and oxygen atoms in total. The standard InChI is InChI=1S/C12H26N.U/c1-6-8-9-10-11(3)12(4)13(5)7-2;/h11-12H,1,6-10H2,2-5H3;/q-1;. The van der Waals surface area contributed by atoms with E-state index in [1.807, 2.05) is 0 Å². The molecule has 0 heterocycles. The summed E-state index contributed by atoms with van der Waals surface area (Å²) in [6, 6.07) is 0.717. The summed E-state index contributed by atoms with van der Waals surface area (Å²) in [5.74, 6) is 0.816. The first-order valence-electron chi connectivity index (χ1n) is 5.63. The molecule has 0 radical (unpaired) electrons. The van der Waals surface area contributed by atoms with Gasteiger partial charge in [-0.1, -0.05) is 26.7 Å². The predicted molar refractivity (Wildman–Crippen MR) is 60.8 cm³/mol. The largest absolute Gasteiger partial charge is 0.343 e. The average Bonchev–Trinajstić information content (AvgIpc) is 2.15. The van der Waals surface area contributed by atoms with E-state index < -0.39 is 0 Å². The molecule has 0 aromatic rings. The van der Waals surface area contributed by atoms with Gasteiger partial charge in [-0.25, -0.2) is 0 Å². The van der Waals surface area contributed by atoms with Crippen molar-refractivity contribution in [2.24, 2.45) is 5.92 Å². The molecule has 2 heteroatoms. The summed E-state index contributed by atoms with van der Waals surface area (Å²) in [4.78, 5) is 2.43. The van der Waals surface area contributed by atoms with Gasteiger partial charge in [0.1, 0.15) is 0 Å². The molecule has 0 rings (SSSR count). The molecule has 0 N–H and O–H groups in total. The second kappa shape index (κ2) is 10.5. The smallest absolute Gasteiger partial charge is 0.00893 e. The number of hydrogen-bond acceptors (Lipinski definition) is 1. The Labute approximate surface area is 114 Å². The minimum absolute atomic E-state index is 0. The van der Waals surface area contributed by atoms with Gasteiger partial charge >= 0.3 is 0 Å². The van der Waals surface area contributed by atoms with Crippen LogP contribution in [0.2, 0.25) is 0 Å². The predicted octanol–water partition coefficient (Wildman–Crippen LogP) is 3.36. The van der Waals surface area contributed by atoms with Gasteiger partial charge in [0.05, 0.1) is 0 Å². The molecule has 84 valence electrons. The third-order valence-electron chi connectivity index (χ3n) is 3.18. The van der Waals surface area contributed by atoms with Crippen LogP contribution in [0.4, 0.5) is 0 Å². The zero-order valence-electron chi connectivity index (χ0n) is 10.3. The minimum atomic E-state index is 0. The Morgan fingerprint density at radius 1 is 1.21 bits per heavy atom. The molecular weight excluding hydrogens is 396 g/mol. The van der Waals surface area contributed by atoms with E-state index in [-0.39, 0.29) is 31.1 Å². The van der Waals surface area contributed by atoms with Gasteiger partial charge in [-0.2, -0.15) is 6.42 Å². The number of hydrogen-bond donors (Lipinski definition) is 0. The van der Waals surface area contributed by atoms with Crippen LogP contribution < -0.4 is 0 Å². The molecular formula is C12H26NU-. The van der Waals surface area contributed by atoms with E-state index in [9.17, 15) is 0 Å². The van der Waals surface area contributed by atoms with E-state index in [2.05, 4.69) is 39.6 Å². The normalized spacial score (nSPS) is 15.0. The fraction of sp³-hybridized carbons (Fsp3) is 0.917. The van der Waals surface area contributed by atoms with Gasteiger partial charge in [0.25, 0.3) is 0 Å². The average molecular weight is 422 g/mol. The summed E-state index contributed by atoms with van der Waals surface area (Å²) in [7, 11) is 2.21. The fourth-order valence-corrected chi connectivity index (χ4v) is 1.61. The van der Waals surface area contributed by atoms with Crippen LogP contribution in [0.1, 0.15) is 46.5 Å². The van der Waals surface area contributed by atoms with E-state index in [1.165, 1.54) is 19.3 Å². The number of rotatable bonds is 7. The van der Waals surface area contributed by atoms with Crippen molar-refractivity contribution < 1.29 is 31.1 Å². The Morgan fingerprint density at radius 2 is 1.79 bits per heavy atom. The van der Waals surface area contributed by atoms with Crippen LogP contribution in [0.5, 0.6) is 0 Å². The topological polar surface area (TPSA) is 3.24 Å². The van der Waals surface area contributed by atoms with E-state index in [0.717, 1.165) is 24.9 Å². The molecule has 0 bridgehead atoms. The summed E-state index contributed by atoms with van der Waals surface area (Å²) in [5.41, 5.74) is 0. The summed E-state index contributed by atoms with van der Waals surface area (Å²) in [5, 5.41) is 0. The van der Waals surface area contributed by atoms with Gasteiger partial charge in [0, 0.05) is 37.2 Å². The number of nitrogens with zero attached hydrogens (tertiary/aromatic N) is 1. The van der Waals surface area contributed by atoms with Crippen molar-refractivity contribution in [1.29, 1.82) is 0 Å². The van der Waals surface area contributed by atoms with Crippen molar-refractivity contribution in [3.8, 4) is 0 Å². The monoisotopic (exact) mass is 422 g/mol. The van der Waals surface area contributed by atoms with Gasteiger partial charge in [0.15, 0.2) is 0 Å². The molecule has 0 aromatic heterocycles. The van der Waals surface area contributed by atoms with Crippen LogP contribution in [0, 0.1) is 44.0 Å². The van der Waals surface area contributed by atoms with E-state index in [1.54, 1.807) is 0 Å². The van der Waals surface area contributed by atoms with E-state index in [4.69, 9.17) is 0 Å². The molecule has 0 amide bonds. The second-order valence-corrected chi connectivity index (χ2v) is 4.14. The minimum Gasteiger partial charge on any atom is -0.343 e. The van der Waals surface area contributed by atoms with Gasteiger partial charge in [0.2, 0.25) is 0 Å². The van der Waals surface area contributed by atoms with Crippen LogP contribution in [0.3, 0.4) is 0 Å². The summed E-state index contributed by atoms with van der Waals surface area (Å²) >= 11 is 0. The van der Waals surface area contributed by atoms with Gasteiger partial charge in [-0.15, -0.1) is 0 Å². The van der Waals surface area contributed by atoms with Crippen LogP contribution in [-0.4, -0.2) is 24.5 Å². The first-order valence-corrected chi connectivity index (χ1v) is 5.63. The molecule has 0 aliphatic rings. The maximum atomic E-state index is 3.87. The Hall–Kier alpha value is 1.01. The van der Waals surface area contributed by atoms with Crippen LogP contribution in [-0.2, 0) is 0 Å². The van der Waals surface area contributed by atoms with Crippen LogP contribution >= 0.6 is 0 Å². The van der Waals surface area contributed by atoms with Crippen molar-refractivity contribution in [2.75, 3.05) is 13.6 Å². The van der Waals surface area contributed by atoms with E-state index in [0.29, 0.717) is 0 Å². The molecule has 2 atom stereocenters. The van der Waals surface area contributed by atoms with Crippen LogP contribution in [0.15, 0.2) is 0 Å². The molecule has 2 unspecified atom stereocenters. The molecule has 0 spiro atoms. The summed E-state index contributed by atoms with van der Waals surface area (Å²) < 4.78 is 0. The van der Waals surface area contributed by atoms with Crippen molar-refractivity contribution in [3.63, 3.8) is 0 Å². The van der Waals surface area contributed by atoms with Crippen molar-refractivity contribution in [2.45, 2.75) is 52.5 Å². The SMILES string of the molecule is [CH2-]CCCCC(C)C(C)N(C)CC.[U]. The Morgan fingerprint density at radius 3 is 2.21 bits per heavy atom. The number of unbranched alkanes of at least 4 members (excludes halogenated alkanes) is 2. The maximum absolute atomic E-state index is 3.87. The Bertz CT molecular complexity index is 117. The summed E-state index contributed by atoms with van der Waals surface area (Å²) in [6.45, 7) is 11.9. The molecule has 0 fully saturated rings. The molecule has 0 aliphatic carbocycles. The van der Waals surface area contributed by atoms with E-state index >= 15 is 0 Å². The molecule has 0 aliphatic heterocycles. The van der Waals surface area contributed by atoms with Gasteiger partial charge in [-0.3, -0.25) is 0 Å². The zero-order valence-corrected chi connectivity index (χ0v) is 14.5. The first kappa shape index (κ1) is 17.4. The van der Waals surface area contributed by atoms with Gasteiger partial charge in [-0.05, 0) is 32.9 Å². The maximum Gasteiger partial charge on any atom is 0.00893 e. The quantitative estimate of drug-likeness (QED) is 0.449. The van der Waals surface area contributed by atoms with Crippen molar-refractivity contribution >= 4 is 0 Å². The van der Waals surface area contributed by atoms with Gasteiger partial charge < -0.3 is 11.8 Å². The Kier molecular flexibility index (Phi) is 13.1. The third kappa shape index (κ3) is 7.32. The van der Waals surface area contributed by atoms with Crippen molar-refractivity contribution in [1.82, 2.24) is 4.90 Å². The fourth-order valence-electron chi connectivity index (χ4n) is 1.61. The summed E-state index contributed by atoms with van der Waals surface area (Å²) in [6.07, 6.45) is 5.06. The first-order chi connectivity index (χ1) is 6.13. The zero-order chi connectivity index (χ0) is 10.3. The van der Waals surface area contributed by atoms with Crippen LogP contribution in [0.25, 0.3) is 0 Å². The Balaban J connectivity index is 0. The van der Waals surface area contributed by atoms with Crippen molar-refractivity contribution in [3.05, 3.63) is 6.92 Å². The second-order valence-electron chi connectivity index (χ2n) is 4.14. The molecule has 0 saturated carbocycles. The molecule has 0 aromatic carbocycles.